The lowest BCUT2D eigenvalue weighted by atomic mass is 9.86. The van der Waals surface area contributed by atoms with E-state index >= 15 is 0 Å². The number of aryl methyl sites for hydroxylation is 2. The number of hydrogen-bond donors (Lipinski definition) is 0. The van der Waals surface area contributed by atoms with Crippen molar-refractivity contribution < 1.29 is 0 Å². The summed E-state index contributed by atoms with van der Waals surface area (Å²) in [5.41, 5.74) is 9.72. The van der Waals surface area contributed by atoms with Crippen LogP contribution in [0.25, 0.3) is 0 Å². The van der Waals surface area contributed by atoms with Gasteiger partial charge in [-0.3, -0.25) is 0 Å². The molecule has 0 aliphatic rings. The van der Waals surface area contributed by atoms with Gasteiger partial charge in [0.15, 0.2) is 0 Å². The highest BCUT2D eigenvalue weighted by Crippen LogP contribution is 2.37. The van der Waals surface area contributed by atoms with Gasteiger partial charge in [0.05, 0.1) is 34.6 Å². The molecule has 2 aromatic rings. The van der Waals surface area contributed by atoms with Crippen molar-refractivity contribution in [3.05, 3.63) is 56.6 Å². The van der Waals surface area contributed by atoms with E-state index in [1.165, 1.54) is 0 Å². The van der Waals surface area contributed by atoms with E-state index in [1.54, 1.807) is 0 Å². The topological polar surface area (TPSA) is 72.3 Å². The summed E-state index contributed by atoms with van der Waals surface area (Å²) in [6, 6.07) is 8.96. The number of nitriles is 2. The molecule has 36 heavy (non-hydrogen) atoms. The van der Waals surface area contributed by atoms with E-state index in [0.717, 1.165) is 81.6 Å². The Morgan fingerprint density at radius 1 is 0.556 bits per heavy atom. The predicted octanol–water partition coefficient (Wildman–Crippen LogP) is 9.26. The summed E-state index contributed by atoms with van der Waals surface area (Å²) in [5, 5.41) is 29.6. The first kappa shape index (κ1) is 29.3. The van der Waals surface area contributed by atoms with Crippen LogP contribution in [0.5, 0.6) is 0 Å². The highest BCUT2D eigenvalue weighted by molar-refractivity contribution is 5.63. The Morgan fingerprint density at radius 2 is 0.833 bits per heavy atom. The van der Waals surface area contributed by atoms with Crippen molar-refractivity contribution in [3.63, 3.8) is 0 Å². The van der Waals surface area contributed by atoms with Gasteiger partial charge < -0.3 is 0 Å². The van der Waals surface area contributed by atoms with Crippen molar-refractivity contribution in [2.24, 2.45) is 33.9 Å². The highest BCUT2D eigenvalue weighted by atomic mass is 15.1. The predicted molar refractivity (Wildman–Crippen MR) is 150 cm³/mol. The third kappa shape index (κ3) is 7.27. The molecule has 2 rings (SSSR count). The first-order valence-electron chi connectivity index (χ1n) is 13.4. The van der Waals surface area contributed by atoms with Crippen LogP contribution in [0.15, 0.2) is 22.4 Å². The van der Waals surface area contributed by atoms with Gasteiger partial charge in [0.1, 0.15) is 0 Å². The molecule has 2 aromatic carbocycles. The van der Waals surface area contributed by atoms with Crippen LogP contribution in [-0.4, -0.2) is 0 Å². The van der Waals surface area contributed by atoms with Gasteiger partial charge in [-0.1, -0.05) is 55.4 Å². The Kier molecular flexibility index (Phi) is 10.4. The molecular weight excluding hydrogens is 440 g/mol. The van der Waals surface area contributed by atoms with E-state index in [1.807, 2.05) is 26.0 Å². The summed E-state index contributed by atoms with van der Waals surface area (Å²) >= 11 is 0. The zero-order valence-electron chi connectivity index (χ0n) is 24.1. The first-order chi connectivity index (χ1) is 16.9. The lowest BCUT2D eigenvalue weighted by Crippen LogP contribution is -2.08. The number of hydrogen-bond acceptors (Lipinski definition) is 4. The van der Waals surface area contributed by atoms with E-state index in [-0.39, 0.29) is 0 Å². The molecular formula is C32H44N4. The van der Waals surface area contributed by atoms with E-state index < -0.39 is 0 Å². The molecule has 0 spiro atoms. The second-order valence-corrected chi connectivity index (χ2v) is 11.9. The number of azo groups is 1. The summed E-state index contributed by atoms with van der Waals surface area (Å²) in [4.78, 5) is 0. The highest BCUT2D eigenvalue weighted by Gasteiger charge is 2.21. The Bertz CT molecular complexity index is 1090. The van der Waals surface area contributed by atoms with Gasteiger partial charge >= 0.3 is 0 Å². The van der Waals surface area contributed by atoms with Crippen LogP contribution in [0.1, 0.15) is 99.9 Å². The molecule has 4 heteroatoms. The Labute approximate surface area is 219 Å². The molecule has 0 saturated heterocycles. The third-order valence-electron chi connectivity index (χ3n) is 6.38. The van der Waals surface area contributed by atoms with Crippen LogP contribution >= 0.6 is 0 Å². The molecule has 0 saturated carbocycles. The standard InChI is InChI=1S/C32H44N4/c1-19(2)11-25-27(13-21(5)6)31(15-23(9)29(25)17-33)35-36-32-16-24(10)30(18-34)26(12-20(3)4)28(32)14-22(7)8/h15-16,19-22H,11-14H2,1-10H3. The second-order valence-electron chi connectivity index (χ2n) is 11.9. The monoisotopic (exact) mass is 484 g/mol. The van der Waals surface area contributed by atoms with Crippen LogP contribution < -0.4 is 0 Å². The Hall–Kier alpha value is -2.98. The minimum atomic E-state index is 0.436. The van der Waals surface area contributed by atoms with Crippen molar-refractivity contribution in [1.29, 1.82) is 10.5 Å². The summed E-state index contributed by atoms with van der Waals surface area (Å²) in [6.07, 6.45) is 3.41. The zero-order chi connectivity index (χ0) is 27.2. The fraction of sp³-hybridized carbons (Fsp3) is 0.562. The summed E-state index contributed by atoms with van der Waals surface area (Å²) in [5.74, 6) is 1.75. The van der Waals surface area contributed by atoms with Crippen molar-refractivity contribution in [3.8, 4) is 12.1 Å². The number of rotatable bonds is 10. The van der Waals surface area contributed by atoms with Gasteiger partial charge in [-0.15, -0.1) is 0 Å². The first-order valence-corrected chi connectivity index (χ1v) is 13.4. The summed E-state index contributed by atoms with van der Waals surface area (Å²) in [6.45, 7) is 21.6. The molecule has 0 aromatic heterocycles. The van der Waals surface area contributed by atoms with Crippen LogP contribution in [0.4, 0.5) is 11.4 Å². The largest absolute Gasteiger partial charge is 0.192 e. The molecule has 0 atom stereocenters. The fourth-order valence-electron chi connectivity index (χ4n) is 4.95. The molecule has 0 amide bonds. The van der Waals surface area contributed by atoms with E-state index in [9.17, 15) is 10.5 Å². The van der Waals surface area contributed by atoms with Gasteiger partial charge in [0, 0.05) is 0 Å². The summed E-state index contributed by atoms with van der Waals surface area (Å²) < 4.78 is 0. The van der Waals surface area contributed by atoms with Crippen LogP contribution in [0.3, 0.4) is 0 Å². The Balaban J connectivity index is 2.81. The summed E-state index contributed by atoms with van der Waals surface area (Å²) in [7, 11) is 0. The number of benzene rings is 2. The average molecular weight is 485 g/mol. The van der Waals surface area contributed by atoms with Gasteiger partial charge in [0.2, 0.25) is 0 Å². The van der Waals surface area contributed by atoms with Gasteiger partial charge in [-0.2, -0.15) is 20.8 Å². The van der Waals surface area contributed by atoms with E-state index in [4.69, 9.17) is 10.2 Å². The van der Waals surface area contributed by atoms with Gasteiger partial charge in [-0.25, -0.2) is 0 Å². The molecule has 0 unspecified atom stereocenters. The van der Waals surface area contributed by atoms with Crippen LogP contribution in [0.2, 0.25) is 0 Å². The van der Waals surface area contributed by atoms with E-state index in [2.05, 4.69) is 67.5 Å². The third-order valence-corrected chi connectivity index (χ3v) is 6.38. The Morgan fingerprint density at radius 3 is 1.08 bits per heavy atom. The maximum atomic E-state index is 9.94. The van der Waals surface area contributed by atoms with Crippen molar-refractivity contribution in [2.75, 3.05) is 0 Å². The molecule has 0 radical (unpaired) electrons. The quantitative estimate of drug-likeness (QED) is 0.315. The lowest BCUT2D eigenvalue weighted by Gasteiger charge is -2.20. The molecule has 4 nitrogen and oxygen atoms in total. The van der Waals surface area contributed by atoms with Crippen molar-refractivity contribution >= 4 is 11.4 Å². The molecule has 0 aliphatic carbocycles. The SMILES string of the molecule is Cc1cc(N=Nc2cc(C)c(C#N)c(CC(C)C)c2CC(C)C)c(CC(C)C)c(CC(C)C)c1C#N. The zero-order valence-corrected chi connectivity index (χ0v) is 24.1. The van der Waals surface area contributed by atoms with Crippen LogP contribution in [-0.2, 0) is 25.7 Å². The van der Waals surface area contributed by atoms with Gasteiger partial charge in [0.25, 0.3) is 0 Å². The fourth-order valence-corrected chi connectivity index (χ4v) is 4.95. The second kappa shape index (κ2) is 12.8. The molecule has 192 valence electrons. The van der Waals surface area contributed by atoms with Crippen molar-refractivity contribution in [2.45, 2.75) is 94.9 Å². The minimum Gasteiger partial charge on any atom is -0.192 e. The molecule has 0 fully saturated rings. The minimum absolute atomic E-state index is 0.436. The average Bonchev–Trinajstić information content (AvgIpc) is 2.75. The van der Waals surface area contributed by atoms with Crippen LogP contribution in [0, 0.1) is 60.2 Å². The van der Waals surface area contributed by atoms with Gasteiger partial charge in [-0.05, 0) is 109 Å². The maximum absolute atomic E-state index is 9.94. The molecule has 0 aliphatic heterocycles. The van der Waals surface area contributed by atoms with E-state index in [0.29, 0.717) is 23.7 Å². The normalized spacial score (nSPS) is 11.8. The molecule has 0 bridgehead atoms. The molecule has 0 N–H and O–H groups in total. The number of nitrogens with zero attached hydrogens (tertiary/aromatic N) is 4. The smallest absolute Gasteiger partial charge is 0.0997 e. The molecule has 0 heterocycles. The van der Waals surface area contributed by atoms with Crippen molar-refractivity contribution in [1.82, 2.24) is 0 Å². The lowest BCUT2D eigenvalue weighted by molar-refractivity contribution is 0.613. The maximum Gasteiger partial charge on any atom is 0.0997 e.